The highest BCUT2D eigenvalue weighted by Gasteiger charge is 2.33. The Bertz CT molecular complexity index is 1050. The molecular formula is C23H29F2N3O3S. The van der Waals surface area contributed by atoms with E-state index < -0.39 is 26.6 Å². The van der Waals surface area contributed by atoms with Gasteiger partial charge in [0, 0.05) is 44.3 Å². The van der Waals surface area contributed by atoms with Gasteiger partial charge in [-0.2, -0.15) is 4.31 Å². The van der Waals surface area contributed by atoms with E-state index >= 15 is 0 Å². The number of likely N-dealkylation sites (N-methyl/N-ethyl adjacent to an activating group) is 1. The highest BCUT2D eigenvalue weighted by molar-refractivity contribution is 7.89. The summed E-state index contributed by atoms with van der Waals surface area (Å²) < 4.78 is 53.9. The van der Waals surface area contributed by atoms with Crippen molar-refractivity contribution in [1.82, 2.24) is 9.62 Å². The van der Waals surface area contributed by atoms with Gasteiger partial charge in [0.15, 0.2) is 0 Å². The fourth-order valence-corrected chi connectivity index (χ4v) is 5.54. The maximum absolute atomic E-state index is 14.0. The molecule has 0 saturated carbocycles. The number of hydrogen-bond donors (Lipinski definition) is 1. The van der Waals surface area contributed by atoms with Gasteiger partial charge in [-0.05, 0) is 56.5 Å². The summed E-state index contributed by atoms with van der Waals surface area (Å²) in [4.78, 5) is 14.1. The summed E-state index contributed by atoms with van der Waals surface area (Å²) in [5.41, 5.74) is 2.30. The van der Waals surface area contributed by atoms with Gasteiger partial charge in [0.25, 0.3) is 0 Å². The maximum atomic E-state index is 14.0. The highest BCUT2D eigenvalue weighted by atomic mass is 32.2. The number of anilines is 1. The van der Waals surface area contributed by atoms with Gasteiger partial charge >= 0.3 is 0 Å². The Morgan fingerprint density at radius 2 is 1.84 bits per heavy atom. The molecule has 0 unspecified atom stereocenters. The van der Waals surface area contributed by atoms with Gasteiger partial charge in [0.1, 0.15) is 16.5 Å². The zero-order valence-electron chi connectivity index (χ0n) is 18.4. The second-order valence-corrected chi connectivity index (χ2v) is 9.82. The van der Waals surface area contributed by atoms with Crippen LogP contribution in [0.5, 0.6) is 0 Å². The van der Waals surface area contributed by atoms with Crippen molar-refractivity contribution in [3.8, 4) is 0 Å². The number of halogens is 2. The molecule has 0 bridgehead atoms. The molecule has 3 rings (SSSR count). The first kappa shape index (κ1) is 24.1. The highest BCUT2D eigenvalue weighted by Crippen LogP contribution is 2.26. The molecular weight excluding hydrogens is 436 g/mol. The molecule has 1 heterocycles. The maximum Gasteiger partial charge on any atom is 0.246 e. The van der Waals surface area contributed by atoms with Gasteiger partial charge in [0.2, 0.25) is 15.9 Å². The smallest absolute Gasteiger partial charge is 0.246 e. The van der Waals surface area contributed by atoms with Gasteiger partial charge in [-0.25, -0.2) is 17.2 Å². The van der Waals surface area contributed by atoms with Gasteiger partial charge in [-0.3, -0.25) is 4.79 Å². The van der Waals surface area contributed by atoms with E-state index in [1.165, 1.54) is 5.56 Å². The normalized spacial score (nSPS) is 15.5. The summed E-state index contributed by atoms with van der Waals surface area (Å²) in [5.74, 6) is -2.22. The molecule has 6 nitrogen and oxygen atoms in total. The molecule has 1 fully saturated rings. The summed E-state index contributed by atoms with van der Waals surface area (Å²) in [6.45, 7) is 6.24. The molecule has 32 heavy (non-hydrogen) atoms. The molecule has 0 aliphatic carbocycles. The average molecular weight is 466 g/mol. The van der Waals surface area contributed by atoms with Gasteiger partial charge < -0.3 is 10.2 Å². The minimum Gasteiger partial charge on any atom is -0.370 e. The van der Waals surface area contributed by atoms with E-state index in [2.05, 4.69) is 23.2 Å². The standard InChI is InChI=1S/C23H29F2N3O3S/c1-3-27(21-7-5-4-6-17(21)2)15-12-26-23(29)18-10-13-28(14-11-18)32(30,31)22-16-19(24)8-9-20(22)25/h4-9,16,18H,3,10-15H2,1-2H3,(H,26,29). The van der Waals surface area contributed by atoms with Crippen molar-refractivity contribution < 1.29 is 22.0 Å². The third-order valence-electron chi connectivity index (χ3n) is 5.85. The molecule has 1 aliphatic heterocycles. The number of carbonyl (C=O) groups is 1. The Balaban J connectivity index is 1.52. The van der Waals surface area contributed by atoms with Crippen LogP contribution < -0.4 is 10.2 Å². The van der Waals surface area contributed by atoms with Crippen LogP contribution >= 0.6 is 0 Å². The molecule has 0 radical (unpaired) electrons. The van der Waals surface area contributed by atoms with Crippen LogP contribution in [0.3, 0.4) is 0 Å². The van der Waals surface area contributed by atoms with E-state index in [4.69, 9.17) is 0 Å². The number of aryl methyl sites for hydroxylation is 1. The predicted octanol–water partition coefficient (Wildman–Crippen LogP) is 3.32. The third-order valence-corrected chi connectivity index (χ3v) is 7.77. The van der Waals surface area contributed by atoms with Crippen molar-refractivity contribution in [2.45, 2.75) is 31.6 Å². The quantitative estimate of drug-likeness (QED) is 0.650. The molecule has 1 N–H and O–H groups in total. The van der Waals surface area contributed by atoms with Crippen LogP contribution in [0.25, 0.3) is 0 Å². The average Bonchev–Trinajstić information content (AvgIpc) is 2.79. The van der Waals surface area contributed by atoms with Crippen molar-refractivity contribution in [3.05, 3.63) is 59.7 Å². The van der Waals surface area contributed by atoms with Crippen LogP contribution in [0.4, 0.5) is 14.5 Å². The summed E-state index contributed by atoms with van der Waals surface area (Å²) in [6, 6.07) is 10.5. The zero-order valence-corrected chi connectivity index (χ0v) is 19.2. The Morgan fingerprint density at radius 1 is 1.16 bits per heavy atom. The van der Waals surface area contributed by atoms with Crippen molar-refractivity contribution in [2.24, 2.45) is 5.92 Å². The Hall–Kier alpha value is -2.52. The molecule has 9 heteroatoms. The lowest BCUT2D eigenvalue weighted by molar-refractivity contribution is -0.126. The molecule has 1 amide bonds. The zero-order chi connectivity index (χ0) is 23.3. The van der Waals surface area contributed by atoms with Gasteiger partial charge in [-0.1, -0.05) is 18.2 Å². The topological polar surface area (TPSA) is 69.7 Å². The van der Waals surface area contributed by atoms with Crippen LogP contribution in [0.1, 0.15) is 25.3 Å². The molecule has 0 spiro atoms. The van der Waals surface area contributed by atoms with E-state index in [0.717, 1.165) is 28.7 Å². The van der Waals surface area contributed by atoms with E-state index in [1.807, 2.05) is 25.1 Å². The fraction of sp³-hybridized carbons (Fsp3) is 0.435. The summed E-state index contributed by atoms with van der Waals surface area (Å²) in [5, 5.41) is 2.95. The molecule has 0 atom stereocenters. The molecule has 0 aromatic heterocycles. The summed E-state index contributed by atoms with van der Waals surface area (Å²) >= 11 is 0. The van der Waals surface area contributed by atoms with E-state index in [1.54, 1.807) is 0 Å². The number of hydrogen-bond acceptors (Lipinski definition) is 4. The first-order valence-electron chi connectivity index (χ1n) is 10.8. The van der Waals surface area contributed by atoms with Crippen LogP contribution in [0.15, 0.2) is 47.4 Å². The van der Waals surface area contributed by atoms with Crippen molar-refractivity contribution in [1.29, 1.82) is 0 Å². The number of nitrogens with zero attached hydrogens (tertiary/aromatic N) is 2. The first-order valence-corrected chi connectivity index (χ1v) is 12.2. The van der Waals surface area contributed by atoms with Gasteiger partial charge in [0.05, 0.1) is 0 Å². The second kappa shape index (κ2) is 10.4. The number of nitrogens with one attached hydrogen (secondary N) is 1. The predicted molar refractivity (Wildman–Crippen MR) is 120 cm³/mol. The van der Waals surface area contributed by atoms with Crippen molar-refractivity contribution in [3.63, 3.8) is 0 Å². The monoisotopic (exact) mass is 465 g/mol. The lowest BCUT2D eigenvalue weighted by Crippen LogP contribution is -2.44. The molecule has 2 aromatic rings. The van der Waals surface area contributed by atoms with Crippen LogP contribution in [-0.2, 0) is 14.8 Å². The number of piperidine rings is 1. The van der Waals surface area contributed by atoms with Gasteiger partial charge in [-0.15, -0.1) is 0 Å². The number of carbonyl (C=O) groups excluding carboxylic acids is 1. The number of sulfonamides is 1. The van der Waals surface area contributed by atoms with E-state index in [0.29, 0.717) is 32.0 Å². The van der Waals surface area contributed by atoms with Crippen LogP contribution in [0.2, 0.25) is 0 Å². The number of benzene rings is 2. The number of para-hydroxylation sites is 1. The second-order valence-electron chi connectivity index (χ2n) is 7.91. The summed E-state index contributed by atoms with van der Waals surface area (Å²) in [6.07, 6.45) is 0.661. The molecule has 174 valence electrons. The van der Waals surface area contributed by atoms with Crippen LogP contribution in [0, 0.1) is 24.5 Å². The minimum atomic E-state index is -4.15. The molecule has 1 saturated heterocycles. The van der Waals surface area contributed by atoms with Crippen LogP contribution in [-0.4, -0.2) is 51.4 Å². The van der Waals surface area contributed by atoms with Crippen molar-refractivity contribution >= 4 is 21.6 Å². The van der Waals surface area contributed by atoms with E-state index in [9.17, 15) is 22.0 Å². The van der Waals surface area contributed by atoms with Crippen molar-refractivity contribution in [2.75, 3.05) is 37.6 Å². The first-order chi connectivity index (χ1) is 15.2. The minimum absolute atomic E-state index is 0.0840. The third kappa shape index (κ3) is 5.45. The number of rotatable bonds is 8. The largest absolute Gasteiger partial charge is 0.370 e. The lowest BCUT2D eigenvalue weighted by atomic mass is 9.97. The Kier molecular flexibility index (Phi) is 7.84. The Labute approximate surface area is 188 Å². The summed E-state index contributed by atoms with van der Waals surface area (Å²) in [7, 11) is -4.15. The molecule has 2 aromatic carbocycles. The lowest BCUT2D eigenvalue weighted by Gasteiger charge is -2.31. The Morgan fingerprint density at radius 3 is 2.50 bits per heavy atom. The fourth-order valence-electron chi connectivity index (χ4n) is 4.00. The van der Waals surface area contributed by atoms with E-state index in [-0.39, 0.29) is 24.9 Å². The SMILES string of the molecule is CCN(CCNC(=O)C1CCN(S(=O)(=O)c2cc(F)ccc2F)CC1)c1ccccc1C. The number of amides is 1. The molecule has 1 aliphatic rings.